The van der Waals surface area contributed by atoms with E-state index in [1.165, 1.54) is 5.56 Å². The fraction of sp³-hybridized carbons (Fsp3) is 0.300. The third-order valence-corrected chi connectivity index (χ3v) is 3.73. The molecule has 0 radical (unpaired) electrons. The maximum atomic E-state index is 11.7. The number of rotatable bonds is 7. The number of nitrogens with zero attached hydrogens (tertiary/aromatic N) is 1. The van der Waals surface area contributed by atoms with Gasteiger partial charge in [-0.25, -0.2) is 4.99 Å². The predicted octanol–water partition coefficient (Wildman–Crippen LogP) is 2.34. The van der Waals surface area contributed by atoms with E-state index in [2.05, 4.69) is 33.1 Å². The van der Waals surface area contributed by atoms with Crippen LogP contribution in [-0.2, 0) is 13.0 Å². The molecule has 0 aliphatic rings. The molecule has 25 heavy (non-hydrogen) atoms. The van der Waals surface area contributed by atoms with Crippen molar-refractivity contribution in [1.82, 2.24) is 16.0 Å². The Balaban J connectivity index is 1.93. The molecule has 2 rings (SSSR count). The lowest BCUT2D eigenvalue weighted by Gasteiger charge is -2.11. The van der Waals surface area contributed by atoms with Gasteiger partial charge in [-0.15, -0.1) is 0 Å². The minimum atomic E-state index is -0.0845. The monoisotopic (exact) mass is 338 g/mol. The van der Waals surface area contributed by atoms with Crippen molar-refractivity contribution < 1.29 is 4.79 Å². The lowest BCUT2D eigenvalue weighted by Crippen LogP contribution is -2.38. The molecule has 0 aliphatic carbocycles. The summed E-state index contributed by atoms with van der Waals surface area (Å²) in [6.45, 7) is 4.18. The Bertz CT molecular complexity index is 698. The Morgan fingerprint density at radius 2 is 1.76 bits per heavy atom. The maximum absolute atomic E-state index is 11.7. The van der Waals surface area contributed by atoms with Gasteiger partial charge in [0.2, 0.25) is 0 Å². The molecule has 0 atom stereocenters. The van der Waals surface area contributed by atoms with E-state index in [9.17, 15) is 4.79 Å². The molecule has 0 saturated heterocycles. The number of aliphatic imine (C=N–C) groups is 1. The van der Waals surface area contributed by atoms with Crippen molar-refractivity contribution in [2.24, 2.45) is 4.99 Å². The molecule has 0 heterocycles. The van der Waals surface area contributed by atoms with Gasteiger partial charge in [-0.05, 0) is 36.6 Å². The van der Waals surface area contributed by atoms with Gasteiger partial charge in [0.15, 0.2) is 5.96 Å². The highest BCUT2D eigenvalue weighted by atomic mass is 16.1. The summed E-state index contributed by atoms with van der Waals surface area (Å²) in [6, 6.07) is 17.9. The number of hydrogen-bond acceptors (Lipinski definition) is 2. The molecule has 5 heteroatoms. The van der Waals surface area contributed by atoms with E-state index in [1.54, 1.807) is 13.1 Å². The molecule has 0 spiro atoms. The zero-order chi connectivity index (χ0) is 17.9. The third-order valence-electron chi connectivity index (χ3n) is 3.73. The van der Waals surface area contributed by atoms with E-state index in [4.69, 9.17) is 0 Å². The molecule has 2 aromatic carbocycles. The predicted molar refractivity (Wildman–Crippen MR) is 103 cm³/mol. The Kier molecular flexibility index (Phi) is 7.50. The van der Waals surface area contributed by atoms with Crippen LogP contribution in [0.4, 0.5) is 0 Å². The van der Waals surface area contributed by atoms with Crippen LogP contribution >= 0.6 is 0 Å². The summed E-state index contributed by atoms with van der Waals surface area (Å²) in [7, 11) is 1.63. The first kappa shape index (κ1) is 18.5. The molecule has 0 fully saturated rings. The van der Waals surface area contributed by atoms with Gasteiger partial charge in [-0.1, -0.05) is 42.5 Å². The fourth-order valence-electron chi connectivity index (χ4n) is 2.44. The van der Waals surface area contributed by atoms with Crippen LogP contribution in [0.1, 0.15) is 28.4 Å². The molecule has 3 N–H and O–H groups in total. The second-order valence-corrected chi connectivity index (χ2v) is 5.64. The molecule has 5 nitrogen and oxygen atoms in total. The molecular formula is C20H26N4O. The van der Waals surface area contributed by atoms with Crippen molar-refractivity contribution in [2.45, 2.75) is 19.9 Å². The largest absolute Gasteiger partial charge is 0.357 e. The standard InChI is InChI=1S/C20H26N4O/c1-3-22-20(23-13-12-16-8-5-4-6-9-16)24-15-17-10-7-11-18(14-17)19(25)21-2/h4-11,14H,3,12-13,15H2,1-2H3,(H,21,25)(H2,22,23,24). The van der Waals surface area contributed by atoms with Gasteiger partial charge in [-0.3, -0.25) is 4.79 Å². The number of carbonyl (C=O) groups is 1. The second-order valence-electron chi connectivity index (χ2n) is 5.64. The Hall–Kier alpha value is -2.82. The van der Waals surface area contributed by atoms with Crippen LogP contribution in [0.25, 0.3) is 0 Å². The lowest BCUT2D eigenvalue weighted by atomic mass is 10.1. The highest BCUT2D eigenvalue weighted by molar-refractivity contribution is 5.94. The summed E-state index contributed by atoms with van der Waals surface area (Å²) in [5.41, 5.74) is 2.95. The topological polar surface area (TPSA) is 65.5 Å². The summed E-state index contributed by atoms with van der Waals surface area (Å²) in [5, 5.41) is 9.23. The van der Waals surface area contributed by atoms with Crippen LogP contribution in [0.15, 0.2) is 59.6 Å². The van der Waals surface area contributed by atoms with E-state index in [-0.39, 0.29) is 5.91 Å². The van der Waals surface area contributed by atoms with Crippen molar-refractivity contribution in [1.29, 1.82) is 0 Å². The van der Waals surface area contributed by atoms with Crippen molar-refractivity contribution >= 4 is 11.9 Å². The average molecular weight is 338 g/mol. The first-order valence-corrected chi connectivity index (χ1v) is 8.60. The van der Waals surface area contributed by atoms with Crippen LogP contribution in [0.2, 0.25) is 0 Å². The quantitative estimate of drug-likeness (QED) is 0.536. The minimum absolute atomic E-state index is 0.0845. The highest BCUT2D eigenvalue weighted by Gasteiger charge is 2.04. The Labute approximate surface area is 149 Å². The smallest absolute Gasteiger partial charge is 0.251 e. The van der Waals surface area contributed by atoms with Gasteiger partial charge in [0.05, 0.1) is 6.54 Å². The van der Waals surface area contributed by atoms with E-state index < -0.39 is 0 Å². The lowest BCUT2D eigenvalue weighted by molar-refractivity contribution is 0.0963. The van der Waals surface area contributed by atoms with Gasteiger partial charge in [-0.2, -0.15) is 0 Å². The van der Waals surface area contributed by atoms with Crippen LogP contribution in [0.3, 0.4) is 0 Å². The summed E-state index contributed by atoms with van der Waals surface area (Å²) < 4.78 is 0. The number of amides is 1. The molecular weight excluding hydrogens is 312 g/mol. The highest BCUT2D eigenvalue weighted by Crippen LogP contribution is 2.06. The molecule has 0 bridgehead atoms. The van der Waals surface area contributed by atoms with Crippen molar-refractivity contribution in [3.05, 3.63) is 71.3 Å². The molecule has 0 unspecified atom stereocenters. The Morgan fingerprint density at radius 3 is 2.48 bits per heavy atom. The number of guanidine groups is 1. The Morgan fingerprint density at radius 1 is 1.00 bits per heavy atom. The molecule has 0 saturated carbocycles. The summed E-state index contributed by atoms with van der Waals surface area (Å²) in [5.74, 6) is 0.697. The van der Waals surface area contributed by atoms with E-state index in [0.29, 0.717) is 12.1 Å². The summed E-state index contributed by atoms with van der Waals surface area (Å²) in [4.78, 5) is 16.3. The number of nitrogens with one attached hydrogen (secondary N) is 3. The van der Waals surface area contributed by atoms with Crippen LogP contribution < -0.4 is 16.0 Å². The molecule has 0 aliphatic heterocycles. The van der Waals surface area contributed by atoms with Crippen LogP contribution in [-0.4, -0.2) is 32.0 Å². The van der Waals surface area contributed by atoms with Gasteiger partial charge in [0.1, 0.15) is 0 Å². The molecule has 2 aromatic rings. The molecule has 1 amide bonds. The first-order chi connectivity index (χ1) is 12.2. The maximum Gasteiger partial charge on any atom is 0.251 e. The zero-order valence-corrected chi connectivity index (χ0v) is 14.9. The average Bonchev–Trinajstić information content (AvgIpc) is 2.66. The minimum Gasteiger partial charge on any atom is -0.357 e. The number of benzene rings is 2. The van der Waals surface area contributed by atoms with E-state index >= 15 is 0 Å². The van der Waals surface area contributed by atoms with Crippen LogP contribution in [0.5, 0.6) is 0 Å². The van der Waals surface area contributed by atoms with Gasteiger partial charge < -0.3 is 16.0 Å². The van der Waals surface area contributed by atoms with Crippen molar-refractivity contribution in [3.63, 3.8) is 0 Å². The number of hydrogen-bond donors (Lipinski definition) is 3. The third kappa shape index (κ3) is 6.30. The summed E-state index contributed by atoms with van der Waals surface area (Å²) in [6.07, 6.45) is 0.942. The summed E-state index contributed by atoms with van der Waals surface area (Å²) >= 11 is 0. The SMILES string of the molecule is CCNC(=NCc1cccc(C(=O)NC)c1)NCCc1ccccc1. The fourth-order valence-corrected chi connectivity index (χ4v) is 2.44. The van der Waals surface area contributed by atoms with Gasteiger partial charge in [0.25, 0.3) is 5.91 Å². The van der Waals surface area contributed by atoms with Gasteiger partial charge in [0, 0.05) is 25.7 Å². The molecule has 132 valence electrons. The zero-order valence-electron chi connectivity index (χ0n) is 14.9. The van der Waals surface area contributed by atoms with Crippen molar-refractivity contribution in [3.8, 4) is 0 Å². The van der Waals surface area contributed by atoms with E-state index in [1.807, 2.05) is 43.3 Å². The second kappa shape index (κ2) is 10.1. The number of carbonyl (C=O) groups excluding carboxylic acids is 1. The first-order valence-electron chi connectivity index (χ1n) is 8.60. The van der Waals surface area contributed by atoms with Crippen LogP contribution in [0, 0.1) is 0 Å². The van der Waals surface area contributed by atoms with Gasteiger partial charge >= 0.3 is 0 Å². The molecule has 0 aromatic heterocycles. The van der Waals surface area contributed by atoms with E-state index in [0.717, 1.165) is 31.0 Å². The van der Waals surface area contributed by atoms with Crippen molar-refractivity contribution in [2.75, 3.05) is 20.1 Å². The normalized spacial score (nSPS) is 11.0.